The number of methoxy groups -OCH3 is 1. The second kappa shape index (κ2) is 5.96. The zero-order valence-electron chi connectivity index (χ0n) is 11.2. The Kier molecular flexibility index (Phi) is 4.09. The summed E-state index contributed by atoms with van der Waals surface area (Å²) in [7, 11) is 1.53. The first-order valence-corrected chi connectivity index (χ1v) is 5.95. The molecule has 2 aromatic rings. The van der Waals surface area contributed by atoms with Gasteiger partial charge < -0.3 is 10.1 Å². The van der Waals surface area contributed by atoms with Gasteiger partial charge in [-0.25, -0.2) is 9.97 Å². The predicted molar refractivity (Wildman–Crippen MR) is 73.7 cm³/mol. The van der Waals surface area contributed by atoms with Gasteiger partial charge in [0.05, 0.1) is 12.0 Å². The lowest BCUT2D eigenvalue weighted by Gasteiger charge is -2.09. The monoisotopic (exact) mass is 274 g/mol. The summed E-state index contributed by atoms with van der Waals surface area (Å²) >= 11 is 0. The summed E-state index contributed by atoms with van der Waals surface area (Å²) in [5.41, 5.74) is 1.34. The van der Waals surface area contributed by atoms with E-state index in [0.29, 0.717) is 18.0 Å². The molecule has 2 heterocycles. The van der Waals surface area contributed by atoms with Crippen molar-refractivity contribution in [1.82, 2.24) is 9.97 Å². The highest BCUT2D eigenvalue weighted by Crippen LogP contribution is 2.26. The van der Waals surface area contributed by atoms with Crippen molar-refractivity contribution < 1.29 is 9.66 Å². The van der Waals surface area contributed by atoms with Gasteiger partial charge in [0, 0.05) is 30.1 Å². The lowest BCUT2D eigenvalue weighted by Crippen LogP contribution is -2.07. The molecule has 104 valence electrons. The Hall–Kier alpha value is -2.70. The van der Waals surface area contributed by atoms with Crippen molar-refractivity contribution >= 4 is 11.5 Å². The van der Waals surface area contributed by atoms with E-state index in [4.69, 9.17) is 4.74 Å². The number of anilines is 1. The van der Waals surface area contributed by atoms with Crippen molar-refractivity contribution in [2.75, 3.05) is 12.4 Å². The number of aromatic nitrogens is 2. The molecule has 0 aliphatic heterocycles. The molecule has 2 aromatic heterocycles. The molecule has 0 atom stereocenters. The summed E-state index contributed by atoms with van der Waals surface area (Å²) in [5, 5.41) is 14.0. The fourth-order valence-corrected chi connectivity index (χ4v) is 1.83. The highest BCUT2D eigenvalue weighted by molar-refractivity contribution is 5.60. The number of pyridine rings is 2. The van der Waals surface area contributed by atoms with Gasteiger partial charge in [-0.2, -0.15) is 0 Å². The first-order chi connectivity index (χ1) is 9.63. The molecular formula is C13H14N4O3. The Labute approximate surface area is 115 Å². The van der Waals surface area contributed by atoms with E-state index in [9.17, 15) is 10.1 Å². The molecule has 0 amide bonds. The van der Waals surface area contributed by atoms with Crippen LogP contribution in [0.5, 0.6) is 5.88 Å². The third kappa shape index (κ3) is 2.82. The molecule has 7 heteroatoms. The maximum absolute atomic E-state index is 11.1. The number of hydrogen-bond donors (Lipinski definition) is 1. The van der Waals surface area contributed by atoms with Crippen LogP contribution in [0, 0.1) is 17.0 Å². The minimum absolute atomic E-state index is 0.0182. The van der Waals surface area contributed by atoms with E-state index in [1.807, 2.05) is 6.07 Å². The minimum atomic E-state index is -0.439. The van der Waals surface area contributed by atoms with E-state index in [-0.39, 0.29) is 11.5 Å². The molecule has 0 fully saturated rings. The van der Waals surface area contributed by atoms with Gasteiger partial charge in [-0.05, 0) is 19.1 Å². The van der Waals surface area contributed by atoms with Gasteiger partial charge in [0.25, 0.3) is 0 Å². The fourth-order valence-electron chi connectivity index (χ4n) is 1.83. The average Bonchev–Trinajstić information content (AvgIpc) is 2.45. The quantitative estimate of drug-likeness (QED) is 0.664. The van der Waals surface area contributed by atoms with Crippen LogP contribution in [0.1, 0.15) is 11.1 Å². The van der Waals surface area contributed by atoms with Crippen LogP contribution in [0.3, 0.4) is 0 Å². The Morgan fingerprint density at radius 1 is 1.35 bits per heavy atom. The van der Waals surface area contributed by atoms with Crippen LogP contribution in [0.15, 0.2) is 30.6 Å². The molecule has 0 aliphatic rings. The van der Waals surface area contributed by atoms with E-state index in [2.05, 4.69) is 15.3 Å². The normalized spacial score (nSPS) is 10.1. The maximum Gasteiger partial charge on any atom is 0.314 e. The van der Waals surface area contributed by atoms with Gasteiger partial charge in [-0.15, -0.1) is 0 Å². The highest BCUT2D eigenvalue weighted by Gasteiger charge is 2.18. The van der Waals surface area contributed by atoms with Crippen molar-refractivity contribution in [3.05, 3.63) is 51.8 Å². The molecular weight excluding hydrogens is 260 g/mol. The molecule has 0 saturated carbocycles. The number of nitrogens with zero attached hydrogens (tertiary/aromatic N) is 3. The predicted octanol–water partition coefficient (Wildman–Crippen LogP) is 2.31. The fraction of sp³-hybridized carbons (Fsp3) is 0.231. The molecule has 0 aliphatic carbocycles. The smallest absolute Gasteiger partial charge is 0.314 e. The summed E-state index contributed by atoms with van der Waals surface area (Å²) < 4.78 is 5.13. The Balaban J connectivity index is 2.23. The van der Waals surface area contributed by atoms with E-state index in [0.717, 1.165) is 5.56 Å². The van der Waals surface area contributed by atoms with Crippen LogP contribution in [0.25, 0.3) is 0 Å². The van der Waals surface area contributed by atoms with Crippen molar-refractivity contribution in [3.63, 3.8) is 0 Å². The van der Waals surface area contributed by atoms with Crippen molar-refractivity contribution in [2.24, 2.45) is 0 Å². The molecule has 0 unspecified atom stereocenters. The standard InChI is InChI=1S/C13H14N4O3/c1-9-5-7-14-12(11(9)17(18)19)16-8-10-4-3-6-15-13(10)20-2/h3-7H,8H2,1-2H3,(H,14,16). The van der Waals surface area contributed by atoms with Crippen molar-refractivity contribution in [3.8, 4) is 5.88 Å². The molecule has 7 nitrogen and oxygen atoms in total. The van der Waals surface area contributed by atoms with E-state index in [1.54, 1.807) is 25.3 Å². The zero-order valence-corrected chi connectivity index (χ0v) is 11.2. The number of aryl methyl sites for hydroxylation is 1. The largest absolute Gasteiger partial charge is 0.481 e. The summed E-state index contributed by atoms with van der Waals surface area (Å²) in [6.45, 7) is 2.02. The minimum Gasteiger partial charge on any atom is -0.481 e. The lowest BCUT2D eigenvalue weighted by molar-refractivity contribution is -0.384. The topological polar surface area (TPSA) is 90.2 Å². The second-order valence-electron chi connectivity index (χ2n) is 4.11. The molecule has 2 rings (SSSR count). The second-order valence-corrected chi connectivity index (χ2v) is 4.11. The Morgan fingerprint density at radius 3 is 2.85 bits per heavy atom. The van der Waals surface area contributed by atoms with Gasteiger partial charge >= 0.3 is 5.69 Å². The number of ether oxygens (including phenoxy) is 1. The third-order valence-corrected chi connectivity index (χ3v) is 2.80. The number of rotatable bonds is 5. The molecule has 0 saturated heterocycles. The van der Waals surface area contributed by atoms with E-state index in [1.165, 1.54) is 13.3 Å². The van der Waals surface area contributed by atoms with Gasteiger partial charge in [-0.3, -0.25) is 10.1 Å². The van der Waals surface area contributed by atoms with E-state index >= 15 is 0 Å². The summed E-state index contributed by atoms with van der Waals surface area (Å²) in [4.78, 5) is 18.7. The molecule has 0 spiro atoms. The van der Waals surface area contributed by atoms with Gasteiger partial charge in [0.1, 0.15) is 0 Å². The number of nitrogens with one attached hydrogen (secondary N) is 1. The summed E-state index contributed by atoms with van der Waals surface area (Å²) in [5.74, 6) is 0.719. The average molecular weight is 274 g/mol. The van der Waals surface area contributed by atoms with Crippen LogP contribution in [0.4, 0.5) is 11.5 Å². The highest BCUT2D eigenvalue weighted by atomic mass is 16.6. The van der Waals surface area contributed by atoms with Gasteiger partial charge in [-0.1, -0.05) is 6.07 Å². The first-order valence-electron chi connectivity index (χ1n) is 5.95. The third-order valence-electron chi connectivity index (χ3n) is 2.80. The van der Waals surface area contributed by atoms with Crippen LogP contribution in [-0.2, 0) is 6.54 Å². The van der Waals surface area contributed by atoms with E-state index < -0.39 is 4.92 Å². The SMILES string of the molecule is COc1ncccc1CNc1nccc(C)c1[N+](=O)[O-]. The van der Waals surface area contributed by atoms with Gasteiger partial charge in [0.2, 0.25) is 11.7 Å². The van der Waals surface area contributed by atoms with Crippen LogP contribution in [0.2, 0.25) is 0 Å². The van der Waals surface area contributed by atoms with Crippen LogP contribution in [-0.4, -0.2) is 22.0 Å². The maximum atomic E-state index is 11.1. The summed E-state index contributed by atoms with van der Waals surface area (Å²) in [6.07, 6.45) is 3.15. The lowest BCUT2D eigenvalue weighted by atomic mass is 10.2. The summed E-state index contributed by atoms with van der Waals surface area (Å²) in [6, 6.07) is 5.21. The first kappa shape index (κ1) is 13.7. The molecule has 20 heavy (non-hydrogen) atoms. The van der Waals surface area contributed by atoms with Crippen molar-refractivity contribution in [1.29, 1.82) is 0 Å². The Bertz CT molecular complexity index is 631. The molecule has 0 radical (unpaired) electrons. The molecule has 0 aromatic carbocycles. The van der Waals surface area contributed by atoms with Crippen molar-refractivity contribution in [2.45, 2.75) is 13.5 Å². The van der Waals surface area contributed by atoms with Crippen LogP contribution >= 0.6 is 0 Å². The zero-order chi connectivity index (χ0) is 14.5. The van der Waals surface area contributed by atoms with Crippen LogP contribution < -0.4 is 10.1 Å². The number of nitro groups is 1. The Morgan fingerprint density at radius 2 is 2.15 bits per heavy atom. The van der Waals surface area contributed by atoms with Gasteiger partial charge in [0.15, 0.2) is 0 Å². The molecule has 0 bridgehead atoms. The molecule has 1 N–H and O–H groups in total. The number of hydrogen-bond acceptors (Lipinski definition) is 6.